The van der Waals surface area contributed by atoms with Gasteiger partial charge < -0.3 is 15.2 Å². The summed E-state index contributed by atoms with van der Waals surface area (Å²) in [6.07, 6.45) is 4.99. The van der Waals surface area contributed by atoms with E-state index < -0.39 is 0 Å². The highest BCUT2D eigenvalue weighted by Crippen LogP contribution is 2.26. The molecule has 0 aliphatic carbocycles. The van der Waals surface area contributed by atoms with Crippen molar-refractivity contribution >= 4 is 17.5 Å². The van der Waals surface area contributed by atoms with Gasteiger partial charge in [-0.15, -0.1) is 0 Å². The normalized spacial score (nSPS) is 23.7. The van der Waals surface area contributed by atoms with Gasteiger partial charge in [0.15, 0.2) is 0 Å². The number of carbonyl (C=O) groups is 1. The van der Waals surface area contributed by atoms with Gasteiger partial charge in [0, 0.05) is 32.4 Å². The predicted molar refractivity (Wildman–Crippen MR) is 77.3 cm³/mol. The van der Waals surface area contributed by atoms with E-state index in [1.54, 1.807) is 16.8 Å². The molecule has 0 saturated carbocycles. The van der Waals surface area contributed by atoms with Crippen LogP contribution >= 0.6 is 11.6 Å². The highest BCUT2D eigenvalue weighted by atomic mass is 35.5. The number of nitrogens with zero attached hydrogens (tertiary/aromatic N) is 2. The van der Waals surface area contributed by atoms with Crippen LogP contribution in [0.5, 0.6) is 0 Å². The van der Waals surface area contributed by atoms with Gasteiger partial charge in [-0.2, -0.15) is 0 Å². The summed E-state index contributed by atoms with van der Waals surface area (Å²) in [4.78, 5) is 14.5. The first kappa shape index (κ1) is 14.4. The number of hydrogen-bond acceptors (Lipinski definition) is 2. The molecular weight excluding hydrogens is 262 g/mol. The first-order valence-corrected chi connectivity index (χ1v) is 7.27. The van der Waals surface area contributed by atoms with E-state index in [2.05, 4.69) is 6.92 Å². The lowest BCUT2D eigenvalue weighted by Crippen LogP contribution is -2.49. The van der Waals surface area contributed by atoms with Crippen LogP contribution in [0.2, 0.25) is 5.02 Å². The number of amides is 1. The van der Waals surface area contributed by atoms with Crippen LogP contribution in [-0.2, 0) is 7.05 Å². The van der Waals surface area contributed by atoms with E-state index in [4.69, 9.17) is 17.3 Å². The molecule has 2 unspecified atom stereocenters. The lowest BCUT2D eigenvalue weighted by Gasteiger charge is -2.38. The van der Waals surface area contributed by atoms with Crippen LogP contribution in [-0.4, -0.2) is 34.5 Å². The summed E-state index contributed by atoms with van der Waals surface area (Å²) in [5.41, 5.74) is 6.48. The zero-order valence-electron chi connectivity index (χ0n) is 11.6. The van der Waals surface area contributed by atoms with Crippen molar-refractivity contribution in [2.24, 2.45) is 18.7 Å². The van der Waals surface area contributed by atoms with E-state index in [0.717, 1.165) is 25.8 Å². The SMILES string of the molecule is CCC1CCN(C(=O)c2cc(Cl)cn2C)C(CN)C1. The fraction of sp³-hybridized carbons (Fsp3) is 0.643. The zero-order valence-corrected chi connectivity index (χ0v) is 12.4. The van der Waals surface area contributed by atoms with Gasteiger partial charge in [0.2, 0.25) is 0 Å². The summed E-state index contributed by atoms with van der Waals surface area (Å²) in [7, 11) is 1.84. The van der Waals surface area contributed by atoms with Gasteiger partial charge in [-0.1, -0.05) is 24.9 Å². The minimum Gasteiger partial charge on any atom is -0.345 e. The van der Waals surface area contributed by atoms with Crippen molar-refractivity contribution in [1.29, 1.82) is 0 Å². The lowest BCUT2D eigenvalue weighted by atomic mass is 9.88. The number of carbonyl (C=O) groups excluding carboxylic acids is 1. The standard InChI is InChI=1S/C14H22ClN3O/c1-3-10-4-5-18(12(6-10)8-16)14(19)13-7-11(15)9-17(13)2/h7,9-10,12H,3-6,8,16H2,1-2H3. The average Bonchev–Trinajstić information content (AvgIpc) is 2.76. The maximum absolute atomic E-state index is 12.6. The van der Waals surface area contributed by atoms with Crippen molar-refractivity contribution in [2.75, 3.05) is 13.1 Å². The summed E-state index contributed by atoms with van der Waals surface area (Å²) in [6.45, 7) is 3.52. The summed E-state index contributed by atoms with van der Waals surface area (Å²) in [5.74, 6) is 0.731. The highest BCUT2D eigenvalue weighted by molar-refractivity contribution is 6.31. The minimum atomic E-state index is 0.0411. The maximum Gasteiger partial charge on any atom is 0.270 e. The van der Waals surface area contributed by atoms with E-state index >= 15 is 0 Å². The van der Waals surface area contributed by atoms with Crippen LogP contribution in [0.3, 0.4) is 0 Å². The molecular formula is C14H22ClN3O. The Bertz CT molecular complexity index is 458. The Morgan fingerprint density at radius 2 is 2.32 bits per heavy atom. The monoisotopic (exact) mass is 283 g/mol. The first-order chi connectivity index (χ1) is 9.06. The minimum absolute atomic E-state index is 0.0411. The average molecular weight is 284 g/mol. The number of aromatic nitrogens is 1. The Hall–Kier alpha value is -1.00. The van der Waals surface area contributed by atoms with Crippen molar-refractivity contribution in [3.05, 3.63) is 23.0 Å². The summed E-state index contributed by atoms with van der Waals surface area (Å²) in [6, 6.07) is 1.88. The Kier molecular flexibility index (Phi) is 4.53. The van der Waals surface area contributed by atoms with Gasteiger partial charge in [-0.3, -0.25) is 4.79 Å². The van der Waals surface area contributed by atoms with Crippen molar-refractivity contribution in [1.82, 2.24) is 9.47 Å². The topological polar surface area (TPSA) is 51.3 Å². The number of likely N-dealkylation sites (tertiary alicyclic amines) is 1. The third kappa shape index (κ3) is 2.95. The van der Waals surface area contributed by atoms with Crippen LogP contribution in [0, 0.1) is 5.92 Å². The molecule has 1 saturated heterocycles. The molecule has 0 spiro atoms. The maximum atomic E-state index is 12.6. The fourth-order valence-electron chi connectivity index (χ4n) is 2.88. The van der Waals surface area contributed by atoms with Crippen molar-refractivity contribution in [3.63, 3.8) is 0 Å². The molecule has 1 aliphatic heterocycles. The van der Waals surface area contributed by atoms with Crippen molar-refractivity contribution in [3.8, 4) is 0 Å². The van der Waals surface area contributed by atoms with Gasteiger partial charge in [0.05, 0.1) is 5.02 Å². The smallest absolute Gasteiger partial charge is 0.270 e. The fourth-order valence-corrected chi connectivity index (χ4v) is 3.13. The quantitative estimate of drug-likeness (QED) is 0.925. The van der Waals surface area contributed by atoms with Gasteiger partial charge >= 0.3 is 0 Å². The number of rotatable bonds is 3. The number of aryl methyl sites for hydroxylation is 1. The summed E-state index contributed by atoms with van der Waals surface area (Å²) >= 11 is 5.95. The first-order valence-electron chi connectivity index (χ1n) is 6.89. The third-order valence-corrected chi connectivity index (χ3v) is 4.33. The molecule has 2 N–H and O–H groups in total. The molecule has 2 heterocycles. The Labute approximate surface area is 119 Å². The molecule has 1 fully saturated rings. The van der Waals surface area contributed by atoms with Crippen LogP contribution in [0.25, 0.3) is 0 Å². The summed E-state index contributed by atoms with van der Waals surface area (Å²) < 4.78 is 1.78. The van der Waals surface area contributed by atoms with Crippen LogP contribution in [0.15, 0.2) is 12.3 Å². The molecule has 2 rings (SSSR count). The molecule has 0 radical (unpaired) electrons. The molecule has 0 aromatic carbocycles. The molecule has 0 bridgehead atoms. The van der Waals surface area contributed by atoms with E-state index in [9.17, 15) is 4.79 Å². The summed E-state index contributed by atoms with van der Waals surface area (Å²) in [5, 5.41) is 0.596. The Balaban J connectivity index is 2.16. The molecule has 1 amide bonds. The molecule has 1 aromatic heterocycles. The number of halogens is 1. The molecule has 106 valence electrons. The zero-order chi connectivity index (χ0) is 14.0. The predicted octanol–water partition coefficient (Wildman–Crippen LogP) is 2.27. The number of hydrogen-bond donors (Lipinski definition) is 1. The van der Waals surface area contributed by atoms with E-state index in [1.165, 1.54) is 0 Å². The Morgan fingerprint density at radius 3 is 2.84 bits per heavy atom. The van der Waals surface area contributed by atoms with E-state index in [0.29, 0.717) is 23.2 Å². The van der Waals surface area contributed by atoms with E-state index in [1.807, 2.05) is 11.9 Å². The lowest BCUT2D eigenvalue weighted by molar-refractivity contribution is 0.0549. The van der Waals surface area contributed by atoms with Crippen LogP contribution in [0.1, 0.15) is 36.7 Å². The molecule has 1 aromatic rings. The van der Waals surface area contributed by atoms with Crippen LogP contribution < -0.4 is 5.73 Å². The van der Waals surface area contributed by atoms with Gasteiger partial charge in [-0.05, 0) is 24.8 Å². The van der Waals surface area contributed by atoms with E-state index in [-0.39, 0.29) is 11.9 Å². The third-order valence-electron chi connectivity index (χ3n) is 4.13. The molecule has 1 aliphatic rings. The van der Waals surface area contributed by atoms with Gasteiger partial charge in [-0.25, -0.2) is 0 Å². The Morgan fingerprint density at radius 1 is 1.58 bits per heavy atom. The molecule has 5 heteroatoms. The second-order valence-corrected chi connectivity index (χ2v) is 5.78. The second-order valence-electron chi connectivity index (χ2n) is 5.34. The highest BCUT2D eigenvalue weighted by Gasteiger charge is 2.31. The molecule has 19 heavy (non-hydrogen) atoms. The number of piperidine rings is 1. The molecule has 2 atom stereocenters. The van der Waals surface area contributed by atoms with Gasteiger partial charge in [0.25, 0.3) is 5.91 Å². The second kappa shape index (κ2) is 5.97. The van der Waals surface area contributed by atoms with Crippen molar-refractivity contribution < 1.29 is 4.79 Å². The number of nitrogens with two attached hydrogens (primary N) is 1. The van der Waals surface area contributed by atoms with Crippen molar-refractivity contribution in [2.45, 2.75) is 32.2 Å². The molecule has 4 nitrogen and oxygen atoms in total. The van der Waals surface area contributed by atoms with Crippen LogP contribution in [0.4, 0.5) is 0 Å². The largest absolute Gasteiger partial charge is 0.345 e. The van der Waals surface area contributed by atoms with Gasteiger partial charge in [0.1, 0.15) is 5.69 Å².